The van der Waals surface area contributed by atoms with Gasteiger partial charge < -0.3 is 0 Å². The first-order chi connectivity index (χ1) is 6.82. The monoisotopic (exact) mass is 246 g/mol. The van der Waals surface area contributed by atoms with Crippen molar-refractivity contribution < 1.29 is 31.5 Å². The van der Waals surface area contributed by atoms with E-state index in [4.69, 9.17) is 0 Å². The summed E-state index contributed by atoms with van der Waals surface area (Å²) in [5.74, 6) is -8.32. The van der Waals surface area contributed by atoms with Crippen LogP contribution in [0.25, 0.3) is 0 Å². The third kappa shape index (κ3) is 2.99. The highest BCUT2D eigenvalue weighted by atomic mass is 19.4. The lowest BCUT2D eigenvalue weighted by atomic mass is 9.82. The summed E-state index contributed by atoms with van der Waals surface area (Å²) in [5.41, 5.74) is -1.52. The molecular weight excluding hydrogens is 235 g/mol. The van der Waals surface area contributed by atoms with Gasteiger partial charge in [0.1, 0.15) is 5.78 Å². The number of Topliss-reactive ketones (excluding diaryl/α,β-unsaturated/α-hetero) is 2. The minimum absolute atomic E-state index is 0.626. The lowest BCUT2D eigenvalue weighted by Crippen LogP contribution is -2.46. The highest BCUT2D eigenvalue weighted by molar-refractivity contribution is 5.92. The number of rotatable bonds is 4. The van der Waals surface area contributed by atoms with Crippen molar-refractivity contribution in [2.24, 2.45) is 5.41 Å². The molecule has 0 saturated heterocycles. The number of hydrogen-bond acceptors (Lipinski definition) is 2. The number of alkyl halides is 5. The molecule has 2 nitrogen and oxygen atoms in total. The van der Waals surface area contributed by atoms with Gasteiger partial charge in [-0.3, -0.25) is 9.59 Å². The summed E-state index contributed by atoms with van der Waals surface area (Å²) in [5, 5.41) is 0. The van der Waals surface area contributed by atoms with Gasteiger partial charge in [-0.25, -0.2) is 0 Å². The minimum atomic E-state index is -5.92. The van der Waals surface area contributed by atoms with E-state index in [2.05, 4.69) is 0 Å². The average Bonchev–Trinajstić information content (AvgIpc) is 2.00. The number of carbonyl (C=O) groups excluding carboxylic acids is 2. The summed E-state index contributed by atoms with van der Waals surface area (Å²) in [6.45, 7) is 3.30. The normalized spacial score (nSPS) is 13.8. The number of ketones is 2. The van der Waals surface area contributed by atoms with E-state index in [0.717, 1.165) is 20.8 Å². The zero-order valence-electron chi connectivity index (χ0n) is 8.91. The Bertz CT molecular complexity index is 304. The molecule has 0 aromatic rings. The lowest BCUT2D eigenvalue weighted by Gasteiger charge is -2.24. The second-order valence-electron chi connectivity index (χ2n) is 4.11. The van der Waals surface area contributed by atoms with Crippen molar-refractivity contribution in [1.29, 1.82) is 0 Å². The third-order valence-corrected chi connectivity index (χ3v) is 2.26. The fourth-order valence-corrected chi connectivity index (χ4v) is 0.795. The number of carbonyl (C=O) groups is 2. The maximum atomic E-state index is 12.5. The Morgan fingerprint density at radius 1 is 1.00 bits per heavy atom. The van der Waals surface area contributed by atoms with E-state index in [1.165, 1.54) is 0 Å². The lowest BCUT2D eigenvalue weighted by molar-refractivity contribution is -0.269. The molecule has 0 N–H and O–H groups in total. The van der Waals surface area contributed by atoms with Crippen LogP contribution in [-0.4, -0.2) is 23.7 Å². The van der Waals surface area contributed by atoms with Gasteiger partial charge in [-0.05, 0) is 6.92 Å². The van der Waals surface area contributed by atoms with E-state index < -0.39 is 35.5 Å². The van der Waals surface area contributed by atoms with Gasteiger partial charge in [-0.15, -0.1) is 0 Å². The standard InChI is InChI=1S/C9H11F5O2/c1-5(15)7(2,3)4-6(16)8(10,11)9(12,13)14/h4H2,1-3H3. The summed E-state index contributed by atoms with van der Waals surface area (Å²) in [6, 6.07) is 0. The molecule has 94 valence electrons. The van der Waals surface area contributed by atoms with Crippen LogP contribution in [0.15, 0.2) is 0 Å². The smallest absolute Gasteiger partial charge is 0.299 e. The molecule has 0 aromatic carbocycles. The van der Waals surface area contributed by atoms with Crippen molar-refractivity contribution in [3.63, 3.8) is 0 Å². The Hall–Kier alpha value is -1.01. The Morgan fingerprint density at radius 2 is 1.38 bits per heavy atom. The van der Waals surface area contributed by atoms with Crippen molar-refractivity contribution in [2.75, 3.05) is 0 Å². The molecule has 0 aliphatic heterocycles. The summed E-state index contributed by atoms with van der Waals surface area (Å²) in [6.07, 6.45) is -7.06. The van der Waals surface area contributed by atoms with Gasteiger partial charge in [0.15, 0.2) is 0 Å². The second-order valence-corrected chi connectivity index (χ2v) is 4.11. The van der Waals surface area contributed by atoms with Crippen molar-refractivity contribution in [3.8, 4) is 0 Å². The molecule has 0 saturated carbocycles. The topological polar surface area (TPSA) is 34.1 Å². The SMILES string of the molecule is CC(=O)C(C)(C)CC(=O)C(F)(F)C(F)(F)F. The first-order valence-electron chi connectivity index (χ1n) is 4.31. The van der Waals surface area contributed by atoms with E-state index in [-0.39, 0.29) is 0 Å². The third-order valence-electron chi connectivity index (χ3n) is 2.26. The molecule has 0 amide bonds. The molecule has 0 aliphatic carbocycles. The molecule has 0 radical (unpaired) electrons. The number of halogens is 5. The van der Waals surface area contributed by atoms with Crippen LogP contribution in [0.1, 0.15) is 27.2 Å². The molecule has 0 bridgehead atoms. The maximum absolute atomic E-state index is 12.5. The van der Waals surface area contributed by atoms with E-state index in [0.29, 0.717) is 0 Å². The highest BCUT2D eigenvalue weighted by Crippen LogP contribution is 2.39. The van der Waals surface area contributed by atoms with Gasteiger partial charge in [-0.1, -0.05) is 13.8 Å². The molecule has 0 spiro atoms. The van der Waals surface area contributed by atoms with Crippen LogP contribution in [0.2, 0.25) is 0 Å². The molecule has 0 heterocycles. The minimum Gasteiger partial charge on any atom is -0.299 e. The van der Waals surface area contributed by atoms with E-state index >= 15 is 0 Å². The molecule has 0 atom stereocenters. The molecule has 16 heavy (non-hydrogen) atoms. The predicted molar refractivity (Wildman–Crippen MR) is 45.1 cm³/mol. The molecular formula is C9H11F5O2. The molecule has 0 rings (SSSR count). The fourth-order valence-electron chi connectivity index (χ4n) is 0.795. The largest absolute Gasteiger partial charge is 0.461 e. The molecule has 0 aromatic heterocycles. The van der Waals surface area contributed by atoms with Gasteiger partial charge >= 0.3 is 12.1 Å². The van der Waals surface area contributed by atoms with E-state index in [1.54, 1.807) is 0 Å². The summed E-state index contributed by atoms with van der Waals surface area (Å²) in [7, 11) is 0. The van der Waals surface area contributed by atoms with Crippen LogP contribution in [0.5, 0.6) is 0 Å². The van der Waals surface area contributed by atoms with Crippen LogP contribution in [0.3, 0.4) is 0 Å². The quantitative estimate of drug-likeness (QED) is 0.715. The van der Waals surface area contributed by atoms with Crippen LogP contribution >= 0.6 is 0 Å². The Labute approximate surface area is 88.8 Å². The Morgan fingerprint density at radius 3 is 1.62 bits per heavy atom. The maximum Gasteiger partial charge on any atom is 0.461 e. The molecule has 0 fully saturated rings. The van der Waals surface area contributed by atoms with Crippen molar-refractivity contribution in [1.82, 2.24) is 0 Å². The van der Waals surface area contributed by atoms with Crippen molar-refractivity contribution in [2.45, 2.75) is 39.3 Å². The van der Waals surface area contributed by atoms with Crippen LogP contribution in [-0.2, 0) is 9.59 Å². The summed E-state index contributed by atoms with van der Waals surface area (Å²) in [4.78, 5) is 21.7. The first-order valence-corrected chi connectivity index (χ1v) is 4.31. The van der Waals surface area contributed by atoms with Crippen molar-refractivity contribution in [3.05, 3.63) is 0 Å². The van der Waals surface area contributed by atoms with Crippen molar-refractivity contribution >= 4 is 11.6 Å². The predicted octanol–water partition coefficient (Wildman–Crippen LogP) is 2.76. The molecule has 0 aliphatic rings. The van der Waals surface area contributed by atoms with Gasteiger partial charge in [0.05, 0.1) is 0 Å². The van der Waals surface area contributed by atoms with Gasteiger partial charge in [0, 0.05) is 11.8 Å². The summed E-state index contributed by atoms with van der Waals surface area (Å²) < 4.78 is 60.5. The van der Waals surface area contributed by atoms with Crippen LogP contribution < -0.4 is 0 Å². The summed E-state index contributed by atoms with van der Waals surface area (Å²) >= 11 is 0. The Kier molecular flexibility index (Phi) is 3.84. The zero-order chi connectivity index (χ0) is 13.4. The fraction of sp³-hybridized carbons (Fsp3) is 0.778. The molecule has 7 heteroatoms. The van der Waals surface area contributed by atoms with E-state index in [9.17, 15) is 31.5 Å². The van der Waals surface area contributed by atoms with Crippen LogP contribution in [0.4, 0.5) is 22.0 Å². The van der Waals surface area contributed by atoms with Gasteiger partial charge in [0.25, 0.3) is 0 Å². The Balaban J connectivity index is 4.92. The highest BCUT2D eigenvalue weighted by Gasteiger charge is 2.63. The van der Waals surface area contributed by atoms with E-state index in [1.807, 2.05) is 0 Å². The average molecular weight is 246 g/mol. The van der Waals surface area contributed by atoms with Gasteiger partial charge in [0.2, 0.25) is 5.78 Å². The van der Waals surface area contributed by atoms with Crippen LogP contribution in [0, 0.1) is 5.41 Å². The second kappa shape index (κ2) is 4.10. The molecule has 0 unspecified atom stereocenters. The number of hydrogen-bond donors (Lipinski definition) is 0. The van der Waals surface area contributed by atoms with Gasteiger partial charge in [-0.2, -0.15) is 22.0 Å². The first kappa shape index (κ1) is 15.0. The zero-order valence-corrected chi connectivity index (χ0v) is 8.91.